The minimum Gasteiger partial charge on any atom is -0.465 e. The van der Waals surface area contributed by atoms with Gasteiger partial charge in [-0.05, 0) is 36.4 Å². The highest BCUT2D eigenvalue weighted by atomic mass is 19.1. The van der Waals surface area contributed by atoms with Crippen molar-refractivity contribution < 1.29 is 18.7 Å². The second kappa shape index (κ2) is 9.04. The number of amides is 1. The molecule has 4 rings (SSSR count). The zero-order valence-electron chi connectivity index (χ0n) is 18.0. The van der Waals surface area contributed by atoms with Gasteiger partial charge in [-0.3, -0.25) is 14.2 Å². The molecule has 2 aromatic heterocycles. The quantitative estimate of drug-likeness (QED) is 0.438. The zero-order chi connectivity index (χ0) is 23.5. The van der Waals surface area contributed by atoms with Gasteiger partial charge >= 0.3 is 5.97 Å². The smallest absolute Gasteiger partial charge is 0.339 e. The van der Waals surface area contributed by atoms with Crippen LogP contribution in [0.3, 0.4) is 0 Å². The normalized spacial score (nSPS) is 10.8. The van der Waals surface area contributed by atoms with Crippen molar-refractivity contribution in [3.05, 3.63) is 106 Å². The van der Waals surface area contributed by atoms with Crippen LogP contribution in [0.2, 0.25) is 0 Å². The molecular weight excluding hydrogens is 425 g/mol. The Hall–Kier alpha value is -4.33. The fraction of sp³-hybridized carbons (Fsp3) is 0.120. The van der Waals surface area contributed by atoms with E-state index in [0.717, 1.165) is 0 Å². The molecule has 0 aliphatic carbocycles. The molecule has 0 saturated carbocycles. The lowest BCUT2D eigenvalue weighted by Crippen LogP contribution is -2.35. The Morgan fingerprint density at radius 2 is 1.76 bits per heavy atom. The van der Waals surface area contributed by atoms with E-state index in [9.17, 15) is 18.8 Å². The van der Waals surface area contributed by atoms with Crippen molar-refractivity contribution in [2.45, 2.75) is 6.54 Å². The number of anilines is 1. The molecule has 166 valence electrons. The summed E-state index contributed by atoms with van der Waals surface area (Å²) in [5.41, 5.74) is 0.358. The molecule has 0 radical (unpaired) electrons. The van der Waals surface area contributed by atoms with Crippen molar-refractivity contribution in [2.24, 2.45) is 0 Å². The summed E-state index contributed by atoms with van der Waals surface area (Å²) < 4.78 is 20.4. The average Bonchev–Trinajstić information content (AvgIpc) is 2.85. The van der Waals surface area contributed by atoms with E-state index >= 15 is 0 Å². The number of nitrogens with zero attached hydrogens (tertiary/aromatic N) is 3. The third-order valence-electron chi connectivity index (χ3n) is 5.34. The number of carbonyl (C=O) groups excluding carboxylic acids is 2. The van der Waals surface area contributed by atoms with E-state index in [4.69, 9.17) is 4.74 Å². The molecule has 0 fully saturated rings. The van der Waals surface area contributed by atoms with E-state index in [0.29, 0.717) is 22.3 Å². The number of carbonyl (C=O) groups is 2. The number of hydrogen-bond donors (Lipinski definition) is 0. The summed E-state index contributed by atoms with van der Waals surface area (Å²) in [4.78, 5) is 44.5. The Balaban J connectivity index is 1.85. The van der Waals surface area contributed by atoms with Crippen molar-refractivity contribution in [3.8, 4) is 0 Å². The minimum absolute atomic E-state index is 0.0946. The van der Waals surface area contributed by atoms with E-state index in [1.165, 1.54) is 48.0 Å². The maximum Gasteiger partial charge on any atom is 0.339 e. The molecule has 4 aromatic rings. The molecule has 0 atom stereocenters. The number of para-hydroxylation sites is 1. The lowest BCUT2D eigenvalue weighted by molar-refractivity contribution is 0.0601. The monoisotopic (exact) mass is 445 g/mol. The number of aromatic nitrogens is 2. The fourth-order valence-electron chi connectivity index (χ4n) is 3.64. The van der Waals surface area contributed by atoms with Crippen molar-refractivity contribution in [1.82, 2.24) is 9.55 Å². The second-order valence-electron chi connectivity index (χ2n) is 7.33. The highest BCUT2D eigenvalue weighted by molar-refractivity contribution is 6.10. The van der Waals surface area contributed by atoms with E-state index in [1.54, 1.807) is 48.5 Å². The molecule has 1 amide bonds. The van der Waals surface area contributed by atoms with E-state index < -0.39 is 23.3 Å². The predicted molar refractivity (Wildman–Crippen MR) is 122 cm³/mol. The molecule has 2 heterocycles. The zero-order valence-corrected chi connectivity index (χ0v) is 18.0. The third-order valence-corrected chi connectivity index (χ3v) is 5.34. The number of esters is 1. The number of rotatable bonds is 5. The van der Waals surface area contributed by atoms with Gasteiger partial charge in [-0.25, -0.2) is 14.2 Å². The molecule has 0 aliphatic rings. The van der Waals surface area contributed by atoms with Gasteiger partial charge < -0.3 is 9.64 Å². The molecule has 0 aliphatic heterocycles. The van der Waals surface area contributed by atoms with E-state index in [1.807, 2.05) is 0 Å². The van der Waals surface area contributed by atoms with E-state index in [-0.39, 0.29) is 17.7 Å². The number of ether oxygens (including phenoxy) is 1. The lowest BCUT2D eigenvalue weighted by Gasteiger charge is -2.20. The van der Waals surface area contributed by atoms with Crippen molar-refractivity contribution in [3.63, 3.8) is 0 Å². The molecule has 0 unspecified atom stereocenters. The Labute approximate surface area is 188 Å². The second-order valence-corrected chi connectivity index (χ2v) is 7.33. The number of pyridine rings is 2. The van der Waals surface area contributed by atoms with Gasteiger partial charge in [-0.1, -0.05) is 30.3 Å². The summed E-state index contributed by atoms with van der Waals surface area (Å²) in [7, 11) is 2.72. The highest BCUT2D eigenvalue weighted by Gasteiger charge is 2.24. The highest BCUT2D eigenvalue weighted by Crippen LogP contribution is 2.22. The first-order valence-corrected chi connectivity index (χ1v) is 10.1. The molecule has 0 bridgehead atoms. The van der Waals surface area contributed by atoms with Crippen LogP contribution >= 0.6 is 0 Å². The van der Waals surface area contributed by atoms with Crippen LogP contribution in [0.1, 0.15) is 26.3 Å². The third kappa shape index (κ3) is 4.10. The van der Waals surface area contributed by atoms with Crippen LogP contribution in [-0.4, -0.2) is 35.6 Å². The summed E-state index contributed by atoms with van der Waals surface area (Å²) in [6.07, 6.45) is 1.53. The van der Waals surface area contributed by atoms with Gasteiger partial charge in [-0.15, -0.1) is 0 Å². The van der Waals surface area contributed by atoms with Crippen molar-refractivity contribution in [2.75, 3.05) is 19.1 Å². The van der Waals surface area contributed by atoms with Crippen LogP contribution < -0.4 is 10.5 Å². The number of methoxy groups -OCH3 is 1. The molecule has 2 aromatic carbocycles. The molecule has 0 saturated heterocycles. The van der Waals surface area contributed by atoms with Gasteiger partial charge in [0.05, 0.1) is 24.9 Å². The molecule has 7 nitrogen and oxygen atoms in total. The number of fused-ring (bicyclic) bond motifs is 1. The Morgan fingerprint density at radius 3 is 2.52 bits per heavy atom. The van der Waals surface area contributed by atoms with Crippen LogP contribution in [0.15, 0.2) is 77.7 Å². The number of halogens is 1. The minimum atomic E-state index is -0.621. The van der Waals surface area contributed by atoms with Gasteiger partial charge in [0.15, 0.2) is 0 Å². The average molecular weight is 445 g/mol. The maximum atomic E-state index is 14.3. The lowest BCUT2D eigenvalue weighted by atomic mass is 10.1. The topological polar surface area (TPSA) is 81.5 Å². The van der Waals surface area contributed by atoms with Gasteiger partial charge in [0.2, 0.25) is 0 Å². The Kier molecular flexibility index (Phi) is 5.99. The Morgan fingerprint density at radius 1 is 1.03 bits per heavy atom. The van der Waals surface area contributed by atoms with Gasteiger partial charge in [-0.2, -0.15) is 0 Å². The predicted octanol–water partition coefficient (Wildman–Crippen LogP) is 3.65. The van der Waals surface area contributed by atoms with Gasteiger partial charge in [0.1, 0.15) is 17.0 Å². The van der Waals surface area contributed by atoms with Crippen LogP contribution in [-0.2, 0) is 11.3 Å². The maximum absolute atomic E-state index is 14.3. The first kappa shape index (κ1) is 21.9. The van der Waals surface area contributed by atoms with Gasteiger partial charge in [0, 0.05) is 24.2 Å². The SMILES string of the molecule is COC(=O)c1ccccc1N(C)C(=O)c1cc2cccnc2n(Cc2ccccc2F)c1=O. The number of hydrogen-bond acceptors (Lipinski definition) is 5. The molecule has 0 N–H and O–H groups in total. The fourth-order valence-corrected chi connectivity index (χ4v) is 3.64. The van der Waals surface area contributed by atoms with Gasteiger partial charge in [0.25, 0.3) is 11.5 Å². The van der Waals surface area contributed by atoms with Crippen LogP contribution in [0.25, 0.3) is 11.0 Å². The first-order valence-electron chi connectivity index (χ1n) is 10.1. The number of benzene rings is 2. The summed E-state index contributed by atoms with van der Waals surface area (Å²) in [5.74, 6) is -1.69. The summed E-state index contributed by atoms with van der Waals surface area (Å²) in [5, 5.41) is 0.548. The molecule has 0 spiro atoms. The summed E-state index contributed by atoms with van der Waals surface area (Å²) in [6, 6.07) is 17.4. The van der Waals surface area contributed by atoms with Crippen LogP contribution in [0.4, 0.5) is 10.1 Å². The van der Waals surface area contributed by atoms with Crippen molar-refractivity contribution in [1.29, 1.82) is 0 Å². The van der Waals surface area contributed by atoms with E-state index in [2.05, 4.69) is 4.98 Å². The molecular formula is C25H20FN3O4. The first-order chi connectivity index (χ1) is 15.9. The standard InChI is InChI=1S/C25H20FN3O4/c1-28(21-12-6-4-10-18(21)25(32)33-2)23(30)19-14-16-9-7-13-27-22(16)29(24(19)31)15-17-8-3-5-11-20(17)26/h3-14H,15H2,1-2H3. The Bertz CT molecular complexity index is 1430. The summed E-state index contributed by atoms with van der Waals surface area (Å²) >= 11 is 0. The largest absolute Gasteiger partial charge is 0.465 e. The van der Waals surface area contributed by atoms with Crippen LogP contribution in [0.5, 0.6) is 0 Å². The van der Waals surface area contributed by atoms with Crippen molar-refractivity contribution >= 4 is 28.6 Å². The molecule has 33 heavy (non-hydrogen) atoms. The molecule has 8 heteroatoms. The van der Waals surface area contributed by atoms with Crippen LogP contribution in [0, 0.1) is 5.82 Å². The summed E-state index contributed by atoms with van der Waals surface area (Å²) in [6.45, 7) is -0.0946.